The number of thiazole rings is 1. The summed E-state index contributed by atoms with van der Waals surface area (Å²) in [5.74, 6) is -1.64. The summed E-state index contributed by atoms with van der Waals surface area (Å²) in [6.07, 6.45) is 2.69. The predicted molar refractivity (Wildman–Crippen MR) is 60.1 cm³/mol. The van der Waals surface area contributed by atoms with E-state index in [4.69, 9.17) is 0 Å². The van der Waals surface area contributed by atoms with Crippen molar-refractivity contribution in [2.24, 2.45) is 0 Å². The molecule has 0 fully saturated rings. The molecule has 0 spiro atoms. The quantitative estimate of drug-likeness (QED) is 0.635. The van der Waals surface area contributed by atoms with Crippen molar-refractivity contribution >= 4 is 23.2 Å². The molecule has 0 saturated heterocycles. The van der Waals surface area contributed by atoms with Gasteiger partial charge in [0.25, 0.3) is 0 Å². The van der Waals surface area contributed by atoms with E-state index in [1.165, 1.54) is 18.4 Å². The van der Waals surface area contributed by atoms with E-state index in [0.29, 0.717) is 0 Å². The number of amides is 1. The molecule has 0 saturated carbocycles. The van der Waals surface area contributed by atoms with E-state index in [0.717, 1.165) is 16.3 Å². The van der Waals surface area contributed by atoms with E-state index in [9.17, 15) is 9.59 Å². The van der Waals surface area contributed by atoms with Crippen molar-refractivity contribution in [3.05, 3.63) is 16.1 Å². The van der Waals surface area contributed by atoms with Crippen molar-refractivity contribution in [1.82, 2.24) is 10.3 Å². The normalized spacial score (nSPS) is 11.9. The molecule has 88 valence electrons. The number of nitrogens with zero attached hydrogens (tertiary/aromatic N) is 1. The molecular formula is C10H14N2O3S. The van der Waals surface area contributed by atoms with E-state index < -0.39 is 11.9 Å². The first-order valence-electron chi connectivity index (χ1n) is 4.91. The summed E-state index contributed by atoms with van der Waals surface area (Å²) in [7, 11) is 1.17. The second-order valence-corrected chi connectivity index (χ2v) is 4.35. The maximum Gasteiger partial charge on any atom is 0.396 e. The third kappa shape index (κ3) is 3.03. The third-order valence-corrected chi connectivity index (χ3v) is 3.33. The Labute approximate surface area is 97.8 Å². The number of hydrogen-bond donors (Lipinski definition) is 1. The van der Waals surface area contributed by atoms with Gasteiger partial charge in [-0.25, -0.2) is 9.78 Å². The van der Waals surface area contributed by atoms with Crippen LogP contribution in [0.1, 0.15) is 29.8 Å². The number of aryl methyl sites for hydroxylation is 1. The minimum Gasteiger partial charge on any atom is -0.462 e. The maximum absolute atomic E-state index is 11.2. The van der Waals surface area contributed by atoms with Gasteiger partial charge in [0.1, 0.15) is 5.01 Å². The number of hydrogen-bond acceptors (Lipinski definition) is 5. The Bertz CT molecular complexity index is 389. The average molecular weight is 242 g/mol. The summed E-state index contributed by atoms with van der Waals surface area (Å²) in [4.78, 5) is 27.4. The molecule has 6 heteroatoms. The maximum atomic E-state index is 11.2. The summed E-state index contributed by atoms with van der Waals surface area (Å²) < 4.78 is 4.31. The zero-order chi connectivity index (χ0) is 12.1. The van der Waals surface area contributed by atoms with Gasteiger partial charge in [0.05, 0.1) is 13.2 Å². The number of carbonyl (C=O) groups is 2. The van der Waals surface area contributed by atoms with Gasteiger partial charge in [-0.05, 0) is 13.3 Å². The topological polar surface area (TPSA) is 68.3 Å². The van der Waals surface area contributed by atoms with E-state index in [1.54, 1.807) is 13.1 Å². The van der Waals surface area contributed by atoms with Crippen molar-refractivity contribution in [1.29, 1.82) is 0 Å². The molecule has 1 aromatic rings. The molecule has 1 atom stereocenters. The van der Waals surface area contributed by atoms with Gasteiger partial charge >= 0.3 is 11.9 Å². The number of rotatable bonds is 3. The zero-order valence-corrected chi connectivity index (χ0v) is 10.3. The SMILES string of the molecule is CCc1cnc(C(C)NC(=O)C(=O)OC)s1. The molecule has 1 unspecified atom stereocenters. The number of carbonyl (C=O) groups excluding carboxylic acids is 2. The van der Waals surface area contributed by atoms with Crippen LogP contribution in [0.3, 0.4) is 0 Å². The van der Waals surface area contributed by atoms with Gasteiger partial charge in [0, 0.05) is 11.1 Å². The van der Waals surface area contributed by atoms with E-state index >= 15 is 0 Å². The standard InChI is InChI=1S/C10H14N2O3S/c1-4-7-5-11-9(16-7)6(2)12-8(13)10(14)15-3/h5-6H,4H2,1-3H3,(H,12,13). The predicted octanol–water partition coefficient (Wildman–Crippen LogP) is 1.06. The second kappa shape index (κ2) is 5.60. The van der Waals surface area contributed by atoms with Crippen LogP contribution in [-0.2, 0) is 20.7 Å². The van der Waals surface area contributed by atoms with Gasteiger partial charge in [0.15, 0.2) is 0 Å². The fraction of sp³-hybridized carbons (Fsp3) is 0.500. The fourth-order valence-electron chi connectivity index (χ4n) is 1.10. The summed E-state index contributed by atoms with van der Waals surface area (Å²) in [6.45, 7) is 3.81. The van der Waals surface area contributed by atoms with Crippen LogP contribution in [0, 0.1) is 0 Å². The molecule has 1 heterocycles. The van der Waals surface area contributed by atoms with Crippen molar-refractivity contribution < 1.29 is 14.3 Å². The summed E-state index contributed by atoms with van der Waals surface area (Å²) in [5.41, 5.74) is 0. The van der Waals surface area contributed by atoms with Crippen LogP contribution in [0.15, 0.2) is 6.20 Å². The van der Waals surface area contributed by atoms with Crippen LogP contribution in [0.25, 0.3) is 0 Å². The number of aromatic nitrogens is 1. The van der Waals surface area contributed by atoms with Crippen molar-refractivity contribution in [2.75, 3.05) is 7.11 Å². The lowest BCUT2D eigenvalue weighted by molar-refractivity contribution is -0.153. The molecule has 1 rings (SSSR count). The Morgan fingerprint density at radius 2 is 2.31 bits per heavy atom. The monoisotopic (exact) mass is 242 g/mol. The lowest BCUT2D eigenvalue weighted by atomic mass is 10.3. The molecule has 0 aliphatic heterocycles. The Balaban J connectivity index is 2.61. The van der Waals surface area contributed by atoms with Crippen LogP contribution < -0.4 is 5.32 Å². The highest BCUT2D eigenvalue weighted by Crippen LogP contribution is 2.19. The summed E-state index contributed by atoms with van der Waals surface area (Å²) in [6, 6.07) is -0.281. The van der Waals surface area contributed by atoms with Crippen molar-refractivity contribution in [2.45, 2.75) is 26.3 Å². The molecule has 5 nitrogen and oxygen atoms in total. The second-order valence-electron chi connectivity index (χ2n) is 3.21. The van der Waals surface area contributed by atoms with Gasteiger partial charge in [-0.3, -0.25) is 4.79 Å². The molecule has 0 aromatic carbocycles. The molecule has 0 radical (unpaired) electrons. The lowest BCUT2D eigenvalue weighted by Crippen LogP contribution is -2.33. The van der Waals surface area contributed by atoms with Gasteiger partial charge in [-0.2, -0.15) is 0 Å². The van der Waals surface area contributed by atoms with Crippen LogP contribution in [0.2, 0.25) is 0 Å². The summed E-state index contributed by atoms with van der Waals surface area (Å²) in [5, 5.41) is 3.30. The first kappa shape index (κ1) is 12.6. The molecule has 0 aliphatic carbocycles. The van der Waals surface area contributed by atoms with Crippen molar-refractivity contribution in [3.63, 3.8) is 0 Å². The molecular weight excluding hydrogens is 228 g/mol. The molecule has 0 bridgehead atoms. The number of nitrogens with one attached hydrogen (secondary N) is 1. The molecule has 1 aromatic heterocycles. The minimum absolute atomic E-state index is 0.281. The Hall–Kier alpha value is -1.43. The molecule has 1 amide bonds. The minimum atomic E-state index is -0.890. The van der Waals surface area contributed by atoms with Crippen LogP contribution in [0.5, 0.6) is 0 Å². The van der Waals surface area contributed by atoms with Gasteiger partial charge in [-0.1, -0.05) is 6.92 Å². The largest absolute Gasteiger partial charge is 0.462 e. The number of esters is 1. The number of ether oxygens (including phenoxy) is 1. The highest BCUT2D eigenvalue weighted by Gasteiger charge is 2.18. The van der Waals surface area contributed by atoms with Crippen LogP contribution in [-0.4, -0.2) is 24.0 Å². The van der Waals surface area contributed by atoms with E-state index in [2.05, 4.69) is 15.0 Å². The first-order valence-corrected chi connectivity index (χ1v) is 5.73. The highest BCUT2D eigenvalue weighted by atomic mass is 32.1. The molecule has 16 heavy (non-hydrogen) atoms. The fourth-order valence-corrected chi connectivity index (χ4v) is 1.96. The van der Waals surface area contributed by atoms with E-state index in [1.807, 2.05) is 6.92 Å². The van der Waals surface area contributed by atoms with Gasteiger partial charge in [-0.15, -0.1) is 11.3 Å². The smallest absolute Gasteiger partial charge is 0.396 e. The van der Waals surface area contributed by atoms with Crippen LogP contribution >= 0.6 is 11.3 Å². The average Bonchev–Trinajstić information content (AvgIpc) is 2.76. The third-order valence-electron chi connectivity index (χ3n) is 2.01. The van der Waals surface area contributed by atoms with Crippen LogP contribution in [0.4, 0.5) is 0 Å². The Kier molecular flexibility index (Phi) is 4.42. The van der Waals surface area contributed by atoms with Gasteiger partial charge in [0.2, 0.25) is 0 Å². The highest BCUT2D eigenvalue weighted by molar-refractivity contribution is 7.11. The molecule has 1 N–H and O–H groups in total. The van der Waals surface area contributed by atoms with Crippen molar-refractivity contribution in [3.8, 4) is 0 Å². The zero-order valence-electron chi connectivity index (χ0n) is 9.44. The summed E-state index contributed by atoms with van der Waals surface area (Å²) >= 11 is 1.52. The Morgan fingerprint density at radius 3 is 2.81 bits per heavy atom. The lowest BCUT2D eigenvalue weighted by Gasteiger charge is -2.09. The molecule has 0 aliphatic rings. The Morgan fingerprint density at radius 1 is 1.62 bits per heavy atom. The number of methoxy groups -OCH3 is 1. The van der Waals surface area contributed by atoms with E-state index in [-0.39, 0.29) is 6.04 Å². The first-order chi connectivity index (χ1) is 7.58. The van der Waals surface area contributed by atoms with Gasteiger partial charge < -0.3 is 10.1 Å².